The molecule has 0 aliphatic carbocycles. The molecule has 6 nitrogen and oxygen atoms in total. The van der Waals surface area contributed by atoms with Crippen LogP contribution in [-0.4, -0.2) is 59.4 Å². The summed E-state index contributed by atoms with van der Waals surface area (Å²) in [7, 11) is 4.01. The molecule has 3 aromatic carbocycles. The van der Waals surface area contributed by atoms with E-state index in [1.807, 2.05) is 56.6 Å². The number of fused-ring (bicyclic) bond motifs is 3. The summed E-state index contributed by atoms with van der Waals surface area (Å²) in [6.07, 6.45) is 3.85. The molecule has 0 radical (unpaired) electrons. The monoisotopic (exact) mass is 508 g/mol. The molecule has 38 heavy (non-hydrogen) atoms. The van der Waals surface area contributed by atoms with E-state index >= 15 is 0 Å². The van der Waals surface area contributed by atoms with Gasteiger partial charge in [-0.25, -0.2) is 0 Å². The number of para-hydroxylation sites is 1. The van der Waals surface area contributed by atoms with Crippen LogP contribution < -0.4 is 5.32 Å². The minimum Gasteiger partial charge on any atom is -0.341 e. The van der Waals surface area contributed by atoms with E-state index < -0.39 is 6.04 Å². The van der Waals surface area contributed by atoms with E-state index in [0.717, 1.165) is 47.2 Å². The number of aromatic nitrogens is 1. The molecule has 4 aromatic rings. The SMILES string of the molecule is CCn1c2ccccc2c2cc(NC(=O)[C@@H]3C/C(=C\c4ccccc4)CN3C(=O)CCCN(C)C)ccc21. The van der Waals surface area contributed by atoms with E-state index in [9.17, 15) is 9.59 Å². The molecule has 6 heteroatoms. The third-order valence-electron chi connectivity index (χ3n) is 7.35. The minimum absolute atomic E-state index is 0.0323. The molecule has 1 aliphatic heterocycles. The van der Waals surface area contributed by atoms with Crippen LogP contribution in [0.5, 0.6) is 0 Å². The summed E-state index contributed by atoms with van der Waals surface area (Å²) in [6.45, 7) is 4.34. The van der Waals surface area contributed by atoms with Gasteiger partial charge in [-0.2, -0.15) is 0 Å². The highest BCUT2D eigenvalue weighted by Crippen LogP contribution is 2.32. The van der Waals surface area contributed by atoms with Crippen LogP contribution in [0.4, 0.5) is 5.69 Å². The Labute approximate surface area is 224 Å². The number of amides is 2. The average Bonchev–Trinajstić information content (AvgIpc) is 3.48. The Morgan fingerprint density at radius 2 is 1.71 bits per heavy atom. The van der Waals surface area contributed by atoms with Crippen molar-refractivity contribution in [1.29, 1.82) is 0 Å². The number of likely N-dealkylation sites (tertiary alicyclic amines) is 1. The maximum absolute atomic E-state index is 13.6. The maximum Gasteiger partial charge on any atom is 0.247 e. The van der Waals surface area contributed by atoms with Crippen LogP contribution in [0.25, 0.3) is 27.9 Å². The molecular formula is C32H36N4O2. The number of carbonyl (C=O) groups excluding carboxylic acids is 2. The summed E-state index contributed by atoms with van der Waals surface area (Å²) < 4.78 is 2.29. The third-order valence-corrected chi connectivity index (χ3v) is 7.35. The van der Waals surface area contributed by atoms with Crippen molar-refractivity contribution in [2.45, 2.75) is 38.8 Å². The van der Waals surface area contributed by atoms with Crippen molar-refractivity contribution in [3.8, 4) is 0 Å². The van der Waals surface area contributed by atoms with Gasteiger partial charge in [0.2, 0.25) is 11.8 Å². The first-order chi connectivity index (χ1) is 18.4. The predicted octanol–water partition coefficient (Wildman–Crippen LogP) is 5.78. The van der Waals surface area contributed by atoms with Gasteiger partial charge in [-0.1, -0.05) is 54.6 Å². The van der Waals surface area contributed by atoms with Crippen molar-refractivity contribution in [3.05, 3.63) is 83.9 Å². The molecule has 0 unspecified atom stereocenters. The summed E-state index contributed by atoms with van der Waals surface area (Å²) >= 11 is 0. The largest absolute Gasteiger partial charge is 0.341 e. The average molecular weight is 509 g/mol. The summed E-state index contributed by atoms with van der Waals surface area (Å²) in [6, 6.07) is 24.0. The number of nitrogens with zero attached hydrogens (tertiary/aromatic N) is 3. The summed E-state index contributed by atoms with van der Waals surface area (Å²) in [5.74, 6) is -0.106. The molecule has 1 saturated heterocycles. The molecule has 2 heterocycles. The first kappa shape index (κ1) is 25.7. The van der Waals surface area contributed by atoms with Crippen molar-refractivity contribution in [2.24, 2.45) is 0 Å². The number of nitrogens with one attached hydrogen (secondary N) is 1. The van der Waals surface area contributed by atoms with Gasteiger partial charge in [0.15, 0.2) is 0 Å². The maximum atomic E-state index is 13.6. The number of hydrogen-bond donors (Lipinski definition) is 1. The summed E-state index contributed by atoms with van der Waals surface area (Å²) in [5, 5.41) is 5.43. The van der Waals surface area contributed by atoms with Gasteiger partial charge in [0.05, 0.1) is 0 Å². The van der Waals surface area contributed by atoms with Crippen LogP contribution in [0.3, 0.4) is 0 Å². The second-order valence-electron chi connectivity index (χ2n) is 10.3. The highest BCUT2D eigenvalue weighted by atomic mass is 16.2. The first-order valence-corrected chi connectivity index (χ1v) is 13.4. The standard InChI is InChI=1S/C32H36N4O2/c1-4-35-28-14-9-8-13-26(28)27-21-25(16-17-29(27)35)33-32(38)30-20-24(19-23-11-6-5-7-12-23)22-36(30)31(37)15-10-18-34(2)3/h5-9,11-14,16-17,19,21,30H,4,10,15,18,20,22H2,1-3H3,(H,33,38)/b24-19+/t30-/m0/s1. The predicted molar refractivity (Wildman–Crippen MR) is 156 cm³/mol. The fraction of sp³-hybridized carbons (Fsp3) is 0.312. The van der Waals surface area contributed by atoms with Gasteiger partial charge in [0.25, 0.3) is 0 Å². The van der Waals surface area contributed by atoms with E-state index in [1.54, 1.807) is 4.90 Å². The van der Waals surface area contributed by atoms with Gasteiger partial charge >= 0.3 is 0 Å². The van der Waals surface area contributed by atoms with Gasteiger partial charge < -0.3 is 19.7 Å². The fourth-order valence-electron chi connectivity index (χ4n) is 5.53. The van der Waals surface area contributed by atoms with Crippen LogP contribution in [0, 0.1) is 0 Å². The number of hydrogen-bond acceptors (Lipinski definition) is 3. The Balaban J connectivity index is 1.40. The lowest BCUT2D eigenvalue weighted by atomic mass is 10.1. The van der Waals surface area contributed by atoms with E-state index in [1.165, 1.54) is 10.9 Å². The molecule has 2 amide bonds. The second kappa shape index (κ2) is 11.2. The lowest BCUT2D eigenvalue weighted by molar-refractivity contribution is -0.136. The van der Waals surface area contributed by atoms with Crippen molar-refractivity contribution in [3.63, 3.8) is 0 Å². The smallest absolute Gasteiger partial charge is 0.247 e. The Morgan fingerprint density at radius 1 is 0.974 bits per heavy atom. The van der Waals surface area contributed by atoms with Crippen LogP contribution in [0.2, 0.25) is 0 Å². The number of anilines is 1. The number of carbonyl (C=O) groups is 2. The topological polar surface area (TPSA) is 57.6 Å². The molecule has 0 bridgehead atoms. The molecule has 1 aliphatic rings. The third kappa shape index (κ3) is 5.36. The van der Waals surface area contributed by atoms with E-state index in [-0.39, 0.29) is 11.8 Å². The Hall–Kier alpha value is -3.90. The van der Waals surface area contributed by atoms with Gasteiger partial charge in [-0.15, -0.1) is 0 Å². The van der Waals surface area contributed by atoms with Crippen molar-refractivity contribution in [2.75, 3.05) is 32.5 Å². The van der Waals surface area contributed by atoms with E-state index in [0.29, 0.717) is 19.4 Å². The molecule has 1 fully saturated rings. The molecule has 1 aromatic heterocycles. The quantitative estimate of drug-likeness (QED) is 0.328. The van der Waals surface area contributed by atoms with Gasteiger partial charge in [-0.05, 0) is 75.8 Å². The highest BCUT2D eigenvalue weighted by Gasteiger charge is 2.36. The number of aryl methyl sites for hydroxylation is 1. The number of benzene rings is 3. The Morgan fingerprint density at radius 3 is 2.47 bits per heavy atom. The molecule has 1 atom stereocenters. The Kier molecular flexibility index (Phi) is 7.61. The minimum atomic E-state index is -0.524. The molecule has 0 saturated carbocycles. The fourth-order valence-corrected chi connectivity index (χ4v) is 5.53. The van der Waals surface area contributed by atoms with Gasteiger partial charge in [0, 0.05) is 47.0 Å². The lowest BCUT2D eigenvalue weighted by Gasteiger charge is -2.24. The Bertz CT molecular complexity index is 1490. The summed E-state index contributed by atoms with van der Waals surface area (Å²) in [5.41, 5.74) is 5.27. The van der Waals surface area contributed by atoms with Crippen LogP contribution in [-0.2, 0) is 16.1 Å². The zero-order chi connectivity index (χ0) is 26.6. The van der Waals surface area contributed by atoms with E-state index in [2.05, 4.69) is 58.1 Å². The normalized spacial score (nSPS) is 16.7. The van der Waals surface area contributed by atoms with Crippen molar-refractivity contribution in [1.82, 2.24) is 14.4 Å². The van der Waals surface area contributed by atoms with Gasteiger partial charge in [-0.3, -0.25) is 9.59 Å². The zero-order valence-corrected chi connectivity index (χ0v) is 22.5. The summed E-state index contributed by atoms with van der Waals surface area (Å²) in [4.78, 5) is 30.7. The molecular weight excluding hydrogens is 472 g/mol. The van der Waals surface area contributed by atoms with Crippen molar-refractivity contribution < 1.29 is 9.59 Å². The molecule has 1 N–H and O–H groups in total. The first-order valence-electron chi connectivity index (χ1n) is 13.4. The zero-order valence-electron chi connectivity index (χ0n) is 22.5. The highest BCUT2D eigenvalue weighted by molar-refractivity contribution is 6.10. The molecule has 0 spiro atoms. The number of rotatable bonds is 8. The van der Waals surface area contributed by atoms with E-state index in [4.69, 9.17) is 0 Å². The second-order valence-corrected chi connectivity index (χ2v) is 10.3. The van der Waals surface area contributed by atoms with Crippen LogP contribution >= 0.6 is 0 Å². The van der Waals surface area contributed by atoms with Crippen molar-refractivity contribution >= 4 is 45.4 Å². The van der Waals surface area contributed by atoms with Crippen LogP contribution in [0.1, 0.15) is 31.7 Å². The molecule has 5 rings (SSSR count). The molecule has 196 valence electrons. The lowest BCUT2D eigenvalue weighted by Crippen LogP contribution is -2.43. The van der Waals surface area contributed by atoms with Crippen LogP contribution in [0.15, 0.2) is 78.4 Å². The van der Waals surface area contributed by atoms with Gasteiger partial charge in [0.1, 0.15) is 6.04 Å².